The summed E-state index contributed by atoms with van der Waals surface area (Å²) in [5.74, 6) is -0.441. The molecule has 0 aliphatic rings. The van der Waals surface area contributed by atoms with Crippen LogP contribution >= 0.6 is 0 Å². The highest BCUT2D eigenvalue weighted by Gasteiger charge is 2.25. The van der Waals surface area contributed by atoms with Crippen LogP contribution in [0.1, 0.15) is 25.5 Å². The van der Waals surface area contributed by atoms with E-state index >= 15 is 0 Å². The number of nitrogens with one attached hydrogen (secondary N) is 1. The smallest absolute Gasteiger partial charge is 0.237 e. The van der Waals surface area contributed by atoms with Crippen molar-refractivity contribution in [2.24, 2.45) is 5.73 Å². The monoisotopic (exact) mass is 272 g/mol. The molecule has 0 bridgehead atoms. The van der Waals surface area contributed by atoms with Crippen molar-refractivity contribution in [2.45, 2.75) is 25.5 Å². The van der Waals surface area contributed by atoms with Gasteiger partial charge in [-0.15, -0.1) is 0 Å². The molecule has 0 fully saturated rings. The van der Waals surface area contributed by atoms with Crippen LogP contribution in [-0.2, 0) is 4.79 Å². The van der Waals surface area contributed by atoms with Gasteiger partial charge >= 0.3 is 0 Å². The molecular weight excluding hydrogens is 252 g/mol. The zero-order valence-electron chi connectivity index (χ0n) is 11.8. The van der Waals surface area contributed by atoms with Gasteiger partial charge in [-0.3, -0.25) is 4.79 Å². The summed E-state index contributed by atoms with van der Waals surface area (Å²) in [4.78, 5) is 11.2. The van der Waals surface area contributed by atoms with Gasteiger partial charge in [-0.05, 0) is 36.2 Å². The third-order valence-corrected chi connectivity index (χ3v) is 3.51. The van der Waals surface area contributed by atoms with Gasteiger partial charge in [-0.25, -0.2) is 0 Å². The quantitative estimate of drug-likeness (QED) is 0.776. The lowest BCUT2D eigenvalue weighted by molar-refractivity contribution is -0.123. The number of hydrogen-bond acceptors (Lipinski definition) is 3. The number of primary amides is 1. The number of rotatable bonds is 5. The highest BCUT2D eigenvalue weighted by atomic mass is 16.3. The first-order valence-electron chi connectivity index (χ1n) is 6.62. The topological polar surface area (TPSA) is 75.3 Å². The summed E-state index contributed by atoms with van der Waals surface area (Å²) >= 11 is 0. The Morgan fingerprint density at radius 1 is 1.25 bits per heavy atom. The van der Waals surface area contributed by atoms with Gasteiger partial charge in [0.2, 0.25) is 5.91 Å². The summed E-state index contributed by atoms with van der Waals surface area (Å²) in [6, 6.07) is 13.8. The van der Waals surface area contributed by atoms with E-state index in [4.69, 9.17) is 5.73 Å². The number of nitrogens with two attached hydrogens (primary N) is 1. The van der Waals surface area contributed by atoms with Gasteiger partial charge in [-0.2, -0.15) is 0 Å². The van der Waals surface area contributed by atoms with Gasteiger partial charge in [0.1, 0.15) is 0 Å². The number of β-amino-alcohol motifs (C(OH)–C–C–N with tert-alkyl or cyclic N) is 1. The molecule has 1 atom stereocenters. The lowest BCUT2D eigenvalue weighted by Gasteiger charge is -2.24. The minimum Gasteiger partial charge on any atom is -0.387 e. The molecule has 2 aromatic rings. The number of carbonyl (C=O) groups is 1. The van der Waals surface area contributed by atoms with E-state index in [2.05, 4.69) is 5.32 Å². The Kier molecular flexibility index (Phi) is 4.06. The van der Waals surface area contributed by atoms with Crippen molar-refractivity contribution in [1.82, 2.24) is 5.32 Å². The Morgan fingerprint density at radius 2 is 1.90 bits per heavy atom. The first-order chi connectivity index (χ1) is 9.40. The zero-order valence-corrected chi connectivity index (χ0v) is 11.8. The fourth-order valence-corrected chi connectivity index (χ4v) is 1.97. The van der Waals surface area contributed by atoms with Crippen LogP contribution in [0.25, 0.3) is 10.8 Å². The molecule has 20 heavy (non-hydrogen) atoms. The van der Waals surface area contributed by atoms with E-state index in [1.165, 1.54) is 0 Å². The molecule has 0 aromatic heterocycles. The second-order valence-electron chi connectivity index (χ2n) is 5.49. The van der Waals surface area contributed by atoms with Crippen molar-refractivity contribution in [1.29, 1.82) is 0 Å². The summed E-state index contributed by atoms with van der Waals surface area (Å²) in [6.07, 6.45) is -0.682. The van der Waals surface area contributed by atoms with Crippen LogP contribution in [0.4, 0.5) is 0 Å². The molecule has 2 aromatic carbocycles. The molecule has 4 heteroatoms. The van der Waals surface area contributed by atoms with E-state index < -0.39 is 17.6 Å². The lowest BCUT2D eigenvalue weighted by atomic mass is 10.0. The van der Waals surface area contributed by atoms with Gasteiger partial charge in [0, 0.05) is 6.54 Å². The number of amides is 1. The molecule has 1 amide bonds. The van der Waals surface area contributed by atoms with Crippen LogP contribution in [0.2, 0.25) is 0 Å². The zero-order chi connectivity index (χ0) is 14.8. The highest BCUT2D eigenvalue weighted by Crippen LogP contribution is 2.20. The van der Waals surface area contributed by atoms with E-state index in [9.17, 15) is 9.90 Å². The minimum absolute atomic E-state index is 0.272. The second-order valence-corrected chi connectivity index (χ2v) is 5.49. The Balaban J connectivity index is 2.11. The van der Waals surface area contributed by atoms with Crippen LogP contribution in [-0.4, -0.2) is 23.1 Å². The van der Waals surface area contributed by atoms with Crippen molar-refractivity contribution in [3.63, 3.8) is 0 Å². The maximum atomic E-state index is 11.2. The fourth-order valence-electron chi connectivity index (χ4n) is 1.97. The van der Waals surface area contributed by atoms with Crippen molar-refractivity contribution in [3.05, 3.63) is 48.0 Å². The number of aliphatic hydroxyl groups excluding tert-OH is 1. The first-order valence-corrected chi connectivity index (χ1v) is 6.62. The van der Waals surface area contributed by atoms with Gasteiger partial charge in [0.05, 0.1) is 11.6 Å². The van der Waals surface area contributed by atoms with Crippen LogP contribution in [0, 0.1) is 0 Å². The minimum atomic E-state index is -0.835. The standard InChI is InChI=1S/C16H20N2O2/c1-16(2,15(17)20)18-10-14(19)13-8-7-11-5-3-4-6-12(11)9-13/h3-9,14,18-19H,10H2,1-2H3,(H2,17,20). The molecule has 1 unspecified atom stereocenters. The van der Waals surface area contributed by atoms with E-state index in [1.54, 1.807) is 13.8 Å². The van der Waals surface area contributed by atoms with Crippen LogP contribution in [0.3, 0.4) is 0 Å². The molecule has 0 spiro atoms. The van der Waals surface area contributed by atoms with E-state index in [0.717, 1.165) is 16.3 Å². The molecule has 0 heterocycles. The Labute approximate surface area is 118 Å². The van der Waals surface area contributed by atoms with Gasteiger partial charge < -0.3 is 16.2 Å². The maximum absolute atomic E-state index is 11.2. The third-order valence-electron chi connectivity index (χ3n) is 3.51. The number of aliphatic hydroxyl groups is 1. The van der Waals surface area contributed by atoms with Gasteiger partial charge in [0.25, 0.3) is 0 Å². The predicted octanol–water partition coefficient (Wildman–Crippen LogP) is 1.73. The van der Waals surface area contributed by atoms with E-state index in [0.29, 0.717) is 0 Å². The maximum Gasteiger partial charge on any atom is 0.237 e. The van der Waals surface area contributed by atoms with Crippen molar-refractivity contribution in [2.75, 3.05) is 6.54 Å². The number of carbonyl (C=O) groups excluding carboxylic acids is 1. The number of hydrogen-bond donors (Lipinski definition) is 3. The first kappa shape index (κ1) is 14.5. The highest BCUT2D eigenvalue weighted by molar-refractivity contribution is 5.84. The molecule has 0 radical (unpaired) electrons. The summed E-state index contributed by atoms with van der Waals surface area (Å²) in [5, 5.41) is 15.4. The summed E-state index contributed by atoms with van der Waals surface area (Å²) in [5.41, 5.74) is 5.27. The molecule has 4 nitrogen and oxygen atoms in total. The predicted molar refractivity (Wildman–Crippen MR) is 80.2 cm³/mol. The average Bonchev–Trinajstić information content (AvgIpc) is 2.44. The van der Waals surface area contributed by atoms with Gasteiger partial charge in [-0.1, -0.05) is 36.4 Å². The average molecular weight is 272 g/mol. The number of fused-ring (bicyclic) bond motifs is 1. The van der Waals surface area contributed by atoms with E-state index in [1.807, 2.05) is 42.5 Å². The molecule has 0 aliphatic heterocycles. The van der Waals surface area contributed by atoms with Crippen molar-refractivity contribution >= 4 is 16.7 Å². The molecule has 2 rings (SSSR count). The number of benzene rings is 2. The Bertz CT molecular complexity index is 623. The Morgan fingerprint density at radius 3 is 2.55 bits per heavy atom. The largest absolute Gasteiger partial charge is 0.387 e. The van der Waals surface area contributed by atoms with Crippen LogP contribution < -0.4 is 11.1 Å². The lowest BCUT2D eigenvalue weighted by Crippen LogP contribution is -2.51. The van der Waals surface area contributed by atoms with Crippen LogP contribution in [0.5, 0.6) is 0 Å². The van der Waals surface area contributed by atoms with Crippen molar-refractivity contribution in [3.8, 4) is 0 Å². The van der Waals surface area contributed by atoms with Gasteiger partial charge in [0.15, 0.2) is 0 Å². The van der Waals surface area contributed by atoms with E-state index in [-0.39, 0.29) is 6.54 Å². The van der Waals surface area contributed by atoms with Crippen LogP contribution in [0.15, 0.2) is 42.5 Å². The molecule has 0 aliphatic carbocycles. The molecule has 4 N–H and O–H groups in total. The SMILES string of the molecule is CC(C)(NCC(O)c1ccc2ccccc2c1)C(N)=O. The second kappa shape index (κ2) is 5.61. The summed E-state index contributed by atoms with van der Waals surface area (Å²) in [7, 11) is 0. The summed E-state index contributed by atoms with van der Waals surface area (Å²) in [6.45, 7) is 3.67. The normalized spacial score (nSPS) is 13.3. The fraction of sp³-hybridized carbons (Fsp3) is 0.312. The molecule has 0 saturated carbocycles. The summed E-state index contributed by atoms with van der Waals surface area (Å²) < 4.78 is 0. The third kappa shape index (κ3) is 3.15. The molecular formula is C16H20N2O2. The molecule has 106 valence electrons. The Hall–Kier alpha value is -1.91. The van der Waals surface area contributed by atoms with Crippen molar-refractivity contribution < 1.29 is 9.90 Å². The molecule has 0 saturated heterocycles.